The van der Waals surface area contributed by atoms with Crippen molar-refractivity contribution in [3.05, 3.63) is 48.8 Å². The summed E-state index contributed by atoms with van der Waals surface area (Å²) in [7, 11) is 0. The zero-order chi connectivity index (χ0) is 15.2. The largest absolute Gasteiger partial charge is 0.393 e. The average Bonchev–Trinajstić information content (AvgIpc) is 2.48. The molecule has 0 aliphatic heterocycles. The van der Waals surface area contributed by atoms with Crippen LogP contribution in [0.5, 0.6) is 0 Å². The molecule has 0 saturated carbocycles. The van der Waals surface area contributed by atoms with Gasteiger partial charge in [0.25, 0.3) is 0 Å². The second kappa shape index (κ2) is 6.74. The molecule has 0 spiro atoms. The maximum Gasteiger partial charge on any atom is 0.161 e. The molecule has 0 radical (unpaired) electrons. The number of hydrogen-bond acceptors (Lipinski definition) is 5. The number of anilines is 4. The van der Waals surface area contributed by atoms with Crippen molar-refractivity contribution in [1.82, 2.24) is 9.97 Å². The number of nitrogen functional groups attached to an aromatic ring is 1. The van der Waals surface area contributed by atoms with E-state index in [2.05, 4.69) is 58.8 Å². The lowest BCUT2D eigenvalue weighted by atomic mass is 10.2. The predicted molar refractivity (Wildman–Crippen MR) is 89.0 cm³/mol. The summed E-state index contributed by atoms with van der Waals surface area (Å²) in [5, 5.41) is 3.12. The van der Waals surface area contributed by atoms with Gasteiger partial charge in [-0.15, -0.1) is 6.58 Å². The molecule has 0 aliphatic rings. The van der Waals surface area contributed by atoms with Gasteiger partial charge in [0.05, 0.1) is 0 Å². The van der Waals surface area contributed by atoms with Crippen LogP contribution < -0.4 is 16.0 Å². The van der Waals surface area contributed by atoms with Crippen LogP contribution in [0, 0.1) is 6.92 Å². The van der Waals surface area contributed by atoms with Crippen molar-refractivity contribution >= 4 is 23.0 Å². The standard InChI is InChI=1S/C16H21N5/c1-4-9-18-15-14(17)16(20-11-19-15)21(5-2)13-8-6-7-12(3)10-13/h4,6-8,10-11H,1,5,9,17H2,2-3H3,(H,18,19,20). The fraction of sp³-hybridized carbons (Fsp3) is 0.250. The van der Waals surface area contributed by atoms with E-state index in [1.165, 1.54) is 11.9 Å². The molecule has 1 aromatic heterocycles. The second-order valence-electron chi connectivity index (χ2n) is 4.71. The summed E-state index contributed by atoms with van der Waals surface area (Å²) in [5.74, 6) is 1.34. The first kappa shape index (κ1) is 14.8. The SMILES string of the molecule is C=CCNc1ncnc(N(CC)c2cccc(C)c2)c1N. The van der Waals surface area contributed by atoms with E-state index in [0.717, 1.165) is 12.2 Å². The number of hydrogen-bond donors (Lipinski definition) is 2. The second-order valence-corrected chi connectivity index (χ2v) is 4.71. The Labute approximate surface area is 125 Å². The van der Waals surface area contributed by atoms with E-state index >= 15 is 0 Å². The molecule has 5 heteroatoms. The fourth-order valence-electron chi connectivity index (χ4n) is 2.16. The number of nitrogens with two attached hydrogens (primary N) is 1. The molecule has 0 atom stereocenters. The normalized spacial score (nSPS) is 10.2. The van der Waals surface area contributed by atoms with Gasteiger partial charge in [-0.1, -0.05) is 18.2 Å². The minimum atomic E-state index is 0.544. The quantitative estimate of drug-likeness (QED) is 0.797. The molecule has 0 bridgehead atoms. The van der Waals surface area contributed by atoms with Crippen LogP contribution >= 0.6 is 0 Å². The van der Waals surface area contributed by atoms with Crippen molar-refractivity contribution in [2.24, 2.45) is 0 Å². The van der Waals surface area contributed by atoms with Crippen molar-refractivity contribution in [2.75, 3.05) is 29.0 Å². The molecule has 0 unspecified atom stereocenters. The van der Waals surface area contributed by atoms with Gasteiger partial charge in [0.15, 0.2) is 11.6 Å². The molecular weight excluding hydrogens is 262 g/mol. The van der Waals surface area contributed by atoms with Gasteiger partial charge in [-0.05, 0) is 31.5 Å². The Balaban J connectivity index is 2.40. The molecule has 0 amide bonds. The van der Waals surface area contributed by atoms with Gasteiger partial charge in [0, 0.05) is 18.8 Å². The van der Waals surface area contributed by atoms with Crippen LogP contribution in [0.15, 0.2) is 43.2 Å². The zero-order valence-electron chi connectivity index (χ0n) is 12.5. The molecule has 110 valence electrons. The number of rotatable bonds is 6. The third kappa shape index (κ3) is 3.31. The number of nitrogens with zero attached hydrogens (tertiary/aromatic N) is 3. The first-order valence-corrected chi connectivity index (χ1v) is 6.96. The van der Waals surface area contributed by atoms with Crippen molar-refractivity contribution in [2.45, 2.75) is 13.8 Å². The molecule has 2 aromatic rings. The number of aryl methyl sites for hydroxylation is 1. The summed E-state index contributed by atoms with van der Waals surface area (Å²) in [5.41, 5.74) is 9.02. The highest BCUT2D eigenvalue weighted by atomic mass is 15.2. The topological polar surface area (TPSA) is 67.1 Å². The van der Waals surface area contributed by atoms with Crippen molar-refractivity contribution in [1.29, 1.82) is 0 Å². The van der Waals surface area contributed by atoms with Gasteiger partial charge in [-0.3, -0.25) is 0 Å². The number of aromatic nitrogens is 2. The van der Waals surface area contributed by atoms with Crippen LogP contribution in [0.1, 0.15) is 12.5 Å². The van der Waals surface area contributed by atoms with E-state index in [1.54, 1.807) is 6.08 Å². The Morgan fingerprint density at radius 1 is 1.38 bits per heavy atom. The number of benzene rings is 1. The lowest BCUT2D eigenvalue weighted by Gasteiger charge is -2.24. The average molecular weight is 283 g/mol. The Morgan fingerprint density at radius 2 is 2.19 bits per heavy atom. The van der Waals surface area contributed by atoms with Gasteiger partial charge in [-0.2, -0.15) is 0 Å². The highest BCUT2D eigenvalue weighted by Crippen LogP contribution is 2.31. The van der Waals surface area contributed by atoms with E-state index in [0.29, 0.717) is 23.9 Å². The maximum absolute atomic E-state index is 6.21. The Bertz CT molecular complexity index is 624. The Morgan fingerprint density at radius 3 is 2.86 bits per heavy atom. The van der Waals surface area contributed by atoms with Gasteiger partial charge in [-0.25, -0.2) is 9.97 Å². The van der Waals surface area contributed by atoms with Crippen LogP contribution in [-0.4, -0.2) is 23.1 Å². The third-order valence-corrected chi connectivity index (χ3v) is 3.16. The third-order valence-electron chi connectivity index (χ3n) is 3.16. The molecule has 5 nitrogen and oxygen atoms in total. The lowest BCUT2D eigenvalue weighted by molar-refractivity contribution is 0.977. The molecule has 1 aromatic carbocycles. The van der Waals surface area contributed by atoms with Gasteiger partial charge < -0.3 is 16.0 Å². The maximum atomic E-state index is 6.21. The minimum Gasteiger partial charge on any atom is -0.393 e. The summed E-state index contributed by atoms with van der Waals surface area (Å²) in [4.78, 5) is 10.6. The molecule has 0 fully saturated rings. The minimum absolute atomic E-state index is 0.544. The highest BCUT2D eigenvalue weighted by molar-refractivity contribution is 5.79. The predicted octanol–water partition coefficient (Wildman–Crippen LogP) is 3.12. The van der Waals surface area contributed by atoms with E-state index < -0.39 is 0 Å². The molecule has 3 N–H and O–H groups in total. The van der Waals surface area contributed by atoms with Gasteiger partial charge >= 0.3 is 0 Å². The molecular formula is C16H21N5. The number of nitrogens with one attached hydrogen (secondary N) is 1. The van der Waals surface area contributed by atoms with E-state index in [1.807, 2.05) is 6.07 Å². The summed E-state index contributed by atoms with van der Waals surface area (Å²) >= 11 is 0. The smallest absolute Gasteiger partial charge is 0.161 e. The van der Waals surface area contributed by atoms with Crippen molar-refractivity contribution in [3.8, 4) is 0 Å². The first-order chi connectivity index (χ1) is 10.2. The highest BCUT2D eigenvalue weighted by Gasteiger charge is 2.15. The molecule has 21 heavy (non-hydrogen) atoms. The summed E-state index contributed by atoms with van der Waals surface area (Å²) in [6.45, 7) is 9.19. The van der Waals surface area contributed by atoms with E-state index in [4.69, 9.17) is 5.73 Å². The lowest BCUT2D eigenvalue weighted by Crippen LogP contribution is -2.20. The van der Waals surface area contributed by atoms with Gasteiger partial charge in [0.1, 0.15) is 12.0 Å². The summed E-state index contributed by atoms with van der Waals surface area (Å²) in [6, 6.07) is 8.26. The van der Waals surface area contributed by atoms with E-state index in [-0.39, 0.29) is 0 Å². The summed E-state index contributed by atoms with van der Waals surface area (Å²) < 4.78 is 0. The van der Waals surface area contributed by atoms with Gasteiger partial charge in [0.2, 0.25) is 0 Å². The van der Waals surface area contributed by atoms with Crippen LogP contribution in [0.4, 0.5) is 23.0 Å². The van der Waals surface area contributed by atoms with Crippen LogP contribution in [0.2, 0.25) is 0 Å². The first-order valence-electron chi connectivity index (χ1n) is 6.96. The van der Waals surface area contributed by atoms with Crippen LogP contribution in [-0.2, 0) is 0 Å². The van der Waals surface area contributed by atoms with Crippen LogP contribution in [0.3, 0.4) is 0 Å². The van der Waals surface area contributed by atoms with Crippen molar-refractivity contribution in [3.63, 3.8) is 0 Å². The Hall–Kier alpha value is -2.56. The fourth-order valence-corrected chi connectivity index (χ4v) is 2.16. The van der Waals surface area contributed by atoms with E-state index in [9.17, 15) is 0 Å². The van der Waals surface area contributed by atoms with Crippen LogP contribution in [0.25, 0.3) is 0 Å². The summed E-state index contributed by atoms with van der Waals surface area (Å²) in [6.07, 6.45) is 3.29. The zero-order valence-corrected chi connectivity index (χ0v) is 12.5. The Kier molecular flexibility index (Phi) is 4.77. The molecule has 2 rings (SSSR count). The molecule has 0 aliphatic carbocycles. The van der Waals surface area contributed by atoms with Crippen molar-refractivity contribution < 1.29 is 0 Å². The monoisotopic (exact) mass is 283 g/mol. The molecule has 0 saturated heterocycles. The molecule has 1 heterocycles.